The van der Waals surface area contributed by atoms with Crippen LogP contribution in [0.5, 0.6) is 0 Å². The van der Waals surface area contributed by atoms with Crippen LogP contribution in [0.25, 0.3) is 0 Å². The zero-order valence-corrected chi connectivity index (χ0v) is 14.6. The summed E-state index contributed by atoms with van der Waals surface area (Å²) in [4.78, 5) is 19.0. The van der Waals surface area contributed by atoms with E-state index in [1.54, 1.807) is 11.3 Å². The van der Waals surface area contributed by atoms with Crippen LogP contribution >= 0.6 is 27.3 Å². The predicted molar refractivity (Wildman–Crippen MR) is 93.7 cm³/mol. The summed E-state index contributed by atoms with van der Waals surface area (Å²) >= 11 is 5.08. The summed E-state index contributed by atoms with van der Waals surface area (Å²) in [6.07, 6.45) is 3.29. The van der Waals surface area contributed by atoms with Crippen molar-refractivity contribution < 1.29 is 4.79 Å². The van der Waals surface area contributed by atoms with Crippen molar-refractivity contribution in [3.63, 3.8) is 0 Å². The Morgan fingerprint density at radius 1 is 1.36 bits per heavy atom. The lowest BCUT2D eigenvalue weighted by atomic mass is 10.2. The van der Waals surface area contributed by atoms with Gasteiger partial charge in [0.2, 0.25) is 0 Å². The van der Waals surface area contributed by atoms with E-state index < -0.39 is 0 Å². The Morgan fingerprint density at radius 2 is 2.18 bits per heavy atom. The molecule has 0 aliphatic carbocycles. The molecule has 1 aromatic heterocycles. The third-order valence-electron chi connectivity index (χ3n) is 3.67. The highest BCUT2D eigenvalue weighted by molar-refractivity contribution is 9.10. The van der Waals surface area contributed by atoms with Crippen LogP contribution in [0.4, 0.5) is 5.13 Å². The van der Waals surface area contributed by atoms with Crippen molar-refractivity contribution in [3.05, 3.63) is 45.4 Å². The third kappa shape index (κ3) is 3.87. The van der Waals surface area contributed by atoms with Gasteiger partial charge in [0, 0.05) is 41.5 Å². The molecule has 0 atom stereocenters. The second kappa shape index (κ2) is 7.24. The van der Waals surface area contributed by atoms with Crippen LogP contribution in [-0.2, 0) is 6.42 Å². The first-order chi connectivity index (χ1) is 10.7. The minimum absolute atomic E-state index is 0.0451. The minimum atomic E-state index is -0.0451. The van der Waals surface area contributed by atoms with Crippen LogP contribution in [0.1, 0.15) is 28.9 Å². The molecule has 1 fully saturated rings. The van der Waals surface area contributed by atoms with Gasteiger partial charge in [-0.15, -0.1) is 11.3 Å². The lowest BCUT2D eigenvalue weighted by Gasteiger charge is -2.12. The van der Waals surface area contributed by atoms with E-state index >= 15 is 0 Å². The molecular weight excluding hydrogens is 362 g/mol. The maximum Gasteiger partial charge on any atom is 0.251 e. The number of hydrogen-bond donors (Lipinski definition) is 1. The number of amides is 1. The Kier molecular flexibility index (Phi) is 5.10. The fourth-order valence-corrected chi connectivity index (χ4v) is 3.81. The van der Waals surface area contributed by atoms with Crippen LogP contribution in [0.2, 0.25) is 0 Å². The van der Waals surface area contributed by atoms with Crippen molar-refractivity contribution >= 4 is 38.3 Å². The lowest BCUT2D eigenvalue weighted by Crippen LogP contribution is -2.25. The van der Waals surface area contributed by atoms with E-state index in [4.69, 9.17) is 0 Å². The number of rotatable bonds is 5. The van der Waals surface area contributed by atoms with Crippen molar-refractivity contribution in [2.75, 3.05) is 24.5 Å². The van der Waals surface area contributed by atoms with Gasteiger partial charge in [0.25, 0.3) is 5.91 Å². The number of thiazole rings is 1. The molecule has 1 aliphatic heterocycles. The van der Waals surface area contributed by atoms with Gasteiger partial charge >= 0.3 is 0 Å². The second-order valence-corrected chi connectivity index (χ2v) is 7.08. The molecule has 0 bridgehead atoms. The first-order valence-corrected chi connectivity index (χ1v) is 9.13. The Balaban J connectivity index is 1.49. The van der Waals surface area contributed by atoms with Gasteiger partial charge in [-0.25, -0.2) is 4.98 Å². The monoisotopic (exact) mass is 379 g/mol. The molecule has 1 aliphatic rings. The molecule has 2 aromatic rings. The van der Waals surface area contributed by atoms with Crippen molar-refractivity contribution in [2.24, 2.45) is 0 Å². The number of aromatic nitrogens is 1. The van der Waals surface area contributed by atoms with Gasteiger partial charge < -0.3 is 10.2 Å². The Morgan fingerprint density at radius 3 is 2.95 bits per heavy atom. The fraction of sp³-hybridized carbons (Fsp3) is 0.375. The number of halogens is 1. The van der Waals surface area contributed by atoms with Gasteiger partial charge in [0.1, 0.15) is 0 Å². The van der Waals surface area contributed by atoms with Crippen LogP contribution < -0.4 is 10.2 Å². The van der Waals surface area contributed by atoms with E-state index in [-0.39, 0.29) is 5.91 Å². The zero-order valence-electron chi connectivity index (χ0n) is 12.2. The zero-order chi connectivity index (χ0) is 15.4. The molecule has 0 saturated carbocycles. The summed E-state index contributed by atoms with van der Waals surface area (Å²) in [5.74, 6) is -0.0451. The number of anilines is 1. The molecule has 1 N–H and O–H groups in total. The van der Waals surface area contributed by atoms with Gasteiger partial charge in [0.15, 0.2) is 5.13 Å². The first kappa shape index (κ1) is 15.5. The number of nitrogens with one attached hydrogen (secondary N) is 1. The van der Waals surface area contributed by atoms with Gasteiger partial charge in [-0.3, -0.25) is 4.79 Å². The van der Waals surface area contributed by atoms with Crippen molar-refractivity contribution in [1.29, 1.82) is 0 Å². The number of benzene rings is 1. The molecule has 0 radical (unpaired) electrons. The van der Waals surface area contributed by atoms with Crippen molar-refractivity contribution in [3.8, 4) is 0 Å². The number of hydrogen-bond acceptors (Lipinski definition) is 4. The molecule has 116 valence electrons. The van der Waals surface area contributed by atoms with Crippen LogP contribution in [0, 0.1) is 0 Å². The van der Waals surface area contributed by atoms with E-state index in [0.29, 0.717) is 12.1 Å². The Labute approximate surface area is 142 Å². The van der Waals surface area contributed by atoms with Crippen LogP contribution in [0.3, 0.4) is 0 Å². The SMILES string of the molecule is O=C(NCCc1csc(N2CCCC2)n1)c1cccc(Br)c1. The van der Waals surface area contributed by atoms with Crippen LogP contribution in [-0.4, -0.2) is 30.5 Å². The highest BCUT2D eigenvalue weighted by Crippen LogP contribution is 2.24. The third-order valence-corrected chi connectivity index (χ3v) is 5.11. The molecular formula is C16H18BrN3OS. The van der Waals surface area contributed by atoms with Crippen LogP contribution in [0.15, 0.2) is 34.1 Å². The molecule has 1 saturated heterocycles. The molecule has 0 unspecified atom stereocenters. The topological polar surface area (TPSA) is 45.2 Å². The molecule has 4 nitrogen and oxygen atoms in total. The summed E-state index contributed by atoms with van der Waals surface area (Å²) in [5, 5.41) is 6.16. The molecule has 3 rings (SSSR count). The second-order valence-electron chi connectivity index (χ2n) is 5.33. The number of carbonyl (C=O) groups is 1. The summed E-state index contributed by atoms with van der Waals surface area (Å²) in [6, 6.07) is 7.41. The Bertz CT molecular complexity index is 652. The average Bonchev–Trinajstić information content (AvgIpc) is 3.18. The summed E-state index contributed by atoms with van der Waals surface area (Å²) < 4.78 is 0.912. The average molecular weight is 380 g/mol. The highest BCUT2D eigenvalue weighted by Gasteiger charge is 2.15. The van der Waals surface area contributed by atoms with Gasteiger partial charge in [-0.05, 0) is 31.0 Å². The minimum Gasteiger partial charge on any atom is -0.352 e. The van der Waals surface area contributed by atoms with Gasteiger partial charge in [0.05, 0.1) is 5.69 Å². The molecule has 6 heteroatoms. The van der Waals surface area contributed by atoms with Gasteiger partial charge in [-0.1, -0.05) is 22.0 Å². The predicted octanol–water partition coefficient (Wildman–Crippen LogP) is 3.48. The lowest BCUT2D eigenvalue weighted by molar-refractivity contribution is 0.0954. The van der Waals surface area contributed by atoms with Gasteiger partial charge in [-0.2, -0.15) is 0 Å². The van der Waals surface area contributed by atoms with Crippen molar-refractivity contribution in [2.45, 2.75) is 19.3 Å². The number of carbonyl (C=O) groups excluding carboxylic acids is 1. The summed E-state index contributed by atoms with van der Waals surface area (Å²) in [5.41, 5.74) is 1.73. The van der Waals surface area contributed by atoms with E-state index in [1.807, 2.05) is 24.3 Å². The van der Waals surface area contributed by atoms with Crippen molar-refractivity contribution in [1.82, 2.24) is 10.3 Å². The number of nitrogens with zero attached hydrogens (tertiary/aromatic N) is 2. The maximum absolute atomic E-state index is 12.0. The fourth-order valence-electron chi connectivity index (χ4n) is 2.50. The smallest absolute Gasteiger partial charge is 0.251 e. The molecule has 1 amide bonds. The molecule has 2 heterocycles. The largest absolute Gasteiger partial charge is 0.352 e. The standard InChI is InChI=1S/C16H18BrN3OS/c17-13-5-3-4-12(10-13)15(21)18-7-6-14-11-22-16(19-14)20-8-1-2-9-20/h3-5,10-11H,1-2,6-9H2,(H,18,21). The maximum atomic E-state index is 12.0. The quantitative estimate of drug-likeness (QED) is 0.864. The molecule has 22 heavy (non-hydrogen) atoms. The molecule has 1 aromatic carbocycles. The first-order valence-electron chi connectivity index (χ1n) is 7.45. The van der Waals surface area contributed by atoms with E-state index in [0.717, 1.165) is 34.8 Å². The Hall–Kier alpha value is -1.40. The summed E-state index contributed by atoms with van der Waals surface area (Å²) in [6.45, 7) is 2.84. The molecule has 0 spiro atoms. The van der Waals surface area contributed by atoms with E-state index in [2.05, 4.69) is 36.5 Å². The van der Waals surface area contributed by atoms with E-state index in [1.165, 1.54) is 12.8 Å². The summed E-state index contributed by atoms with van der Waals surface area (Å²) in [7, 11) is 0. The normalized spacial score (nSPS) is 14.3. The highest BCUT2D eigenvalue weighted by atomic mass is 79.9. The van der Waals surface area contributed by atoms with E-state index in [9.17, 15) is 4.79 Å².